The van der Waals surface area contributed by atoms with Gasteiger partial charge < -0.3 is 19.8 Å². The fourth-order valence-corrected chi connectivity index (χ4v) is 2.82. The fraction of sp³-hybridized carbons (Fsp3) is 0.300. The van der Waals surface area contributed by atoms with Crippen molar-refractivity contribution >= 4 is 23.4 Å². The molecular weight excluding hydrogens is 364 g/mol. The van der Waals surface area contributed by atoms with Crippen molar-refractivity contribution in [2.45, 2.75) is 20.8 Å². The second-order valence-corrected chi connectivity index (χ2v) is 6.18. The van der Waals surface area contributed by atoms with Crippen molar-refractivity contribution in [3.63, 3.8) is 0 Å². The number of Topliss-reactive ketones (excluding diaryl/α,β-unsaturated/α-hetero) is 2. The largest absolute Gasteiger partial charge is 0.497 e. The number of hydrogen-bond acceptors (Lipinski definition) is 6. The van der Waals surface area contributed by atoms with Crippen molar-refractivity contribution in [2.75, 3.05) is 20.3 Å². The van der Waals surface area contributed by atoms with E-state index in [1.807, 2.05) is 0 Å². The van der Waals surface area contributed by atoms with Crippen LogP contribution in [0.25, 0.3) is 0 Å². The molecule has 0 aliphatic heterocycles. The van der Waals surface area contributed by atoms with Gasteiger partial charge in [0.2, 0.25) is 5.78 Å². The number of ketones is 2. The summed E-state index contributed by atoms with van der Waals surface area (Å²) in [6.45, 7) is 3.91. The molecule has 8 nitrogen and oxygen atoms in total. The molecule has 1 heterocycles. The van der Waals surface area contributed by atoms with E-state index < -0.39 is 24.3 Å². The average molecular weight is 386 g/mol. The fourth-order valence-electron chi connectivity index (χ4n) is 2.82. The molecule has 0 atom stereocenters. The Morgan fingerprint density at radius 1 is 1.07 bits per heavy atom. The van der Waals surface area contributed by atoms with E-state index in [9.17, 15) is 19.2 Å². The van der Waals surface area contributed by atoms with Gasteiger partial charge in [-0.3, -0.25) is 19.2 Å². The monoisotopic (exact) mass is 386 g/mol. The number of amides is 1. The predicted octanol–water partition coefficient (Wildman–Crippen LogP) is 2.00. The Morgan fingerprint density at radius 2 is 1.71 bits per heavy atom. The summed E-state index contributed by atoms with van der Waals surface area (Å²) in [5, 5.41) is 2.42. The van der Waals surface area contributed by atoms with Gasteiger partial charge in [-0.25, -0.2) is 0 Å². The van der Waals surface area contributed by atoms with Crippen LogP contribution < -0.4 is 10.1 Å². The summed E-state index contributed by atoms with van der Waals surface area (Å²) in [6, 6.07) is 6.38. The van der Waals surface area contributed by atoms with E-state index in [0.717, 1.165) is 0 Å². The van der Waals surface area contributed by atoms with Crippen LogP contribution in [-0.2, 0) is 9.53 Å². The van der Waals surface area contributed by atoms with Gasteiger partial charge in [-0.05, 0) is 50.6 Å². The number of esters is 1. The summed E-state index contributed by atoms with van der Waals surface area (Å²) in [4.78, 5) is 50.5. The van der Waals surface area contributed by atoms with Crippen molar-refractivity contribution < 1.29 is 28.7 Å². The van der Waals surface area contributed by atoms with Crippen LogP contribution >= 0.6 is 0 Å². The smallest absolute Gasteiger partial charge is 0.325 e. The lowest BCUT2D eigenvalue weighted by molar-refractivity contribution is -0.141. The maximum atomic E-state index is 12.3. The number of nitrogens with one attached hydrogen (secondary N) is 2. The first kappa shape index (κ1) is 20.9. The van der Waals surface area contributed by atoms with Crippen LogP contribution in [0.15, 0.2) is 24.3 Å². The number of H-pyrrole nitrogens is 1. The number of aromatic nitrogens is 1. The lowest BCUT2D eigenvalue weighted by Gasteiger charge is -2.07. The summed E-state index contributed by atoms with van der Waals surface area (Å²) in [6.07, 6.45) is 0. The summed E-state index contributed by atoms with van der Waals surface area (Å²) >= 11 is 0. The van der Waals surface area contributed by atoms with Gasteiger partial charge in [0, 0.05) is 16.8 Å². The molecule has 28 heavy (non-hydrogen) atoms. The van der Waals surface area contributed by atoms with E-state index in [4.69, 9.17) is 9.47 Å². The normalized spacial score (nSPS) is 10.3. The summed E-state index contributed by atoms with van der Waals surface area (Å²) in [5.74, 6) is -1.19. The number of carbonyl (C=O) groups excluding carboxylic acids is 4. The van der Waals surface area contributed by atoms with Crippen molar-refractivity contribution in [1.29, 1.82) is 0 Å². The van der Waals surface area contributed by atoms with Crippen molar-refractivity contribution in [3.8, 4) is 5.75 Å². The highest BCUT2D eigenvalue weighted by Crippen LogP contribution is 2.19. The maximum absolute atomic E-state index is 12.3. The molecule has 0 saturated heterocycles. The molecule has 1 aromatic heterocycles. The van der Waals surface area contributed by atoms with Gasteiger partial charge in [-0.1, -0.05) is 0 Å². The van der Waals surface area contributed by atoms with Gasteiger partial charge in [0.05, 0.1) is 12.8 Å². The van der Waals surface area contributed by atoms with Crippen LogP contribution in [0.3, 0.4) is 0 Å². The highest BCUT2D eigenvalue weighted by molar-refractivity contribution is 6.04. The highest BCUT2D eigenvalue weighted by Gasteiger charge is 2.20. The zero-order valence-corrected chi connectivity index (χ0v) is 16.2. The molecule has 2 rings (SSSR count). The van der Waals surface area contributed by atoms with Gasteiger partial charge in [0.15, 0.2) is 12.4 Å². The second kappa shape index (κ2) is 8.98. The zero-order chi connectivity index (χ0) is 20.8. The lowest BCUT2D eigenvalue weighted by Crippen LogP contribution is -2.31. The highest BCUT2D eigenvalue weighted by atomic mass is 16.5. The summed E-state index contributed by atoms with van der Waals surface area (Å²) < 4.78 is 9.93. The molecule has 0 radical (unpaired) electrons. The first-order chi connectivity index (χ1) is 13.2. The standard InChI is InChI=1S/C20H22N2O6/c1-11-18(13(3)23)12(2)22-19(11)16(24)10-28-17(25)9-21-20(26)14-5-7-15(27-4)8-6-14/h5-8,22H,9-10H2,1-4H3,(H,21,26). The molecule has 2 N–H and O–H groups in total. The molecule has 0 aliphatic carbocycles. The van der Waals surface area contributed by atoms with E-state index >= 15 is 0 Å². The molecule has 2 aromatic rings. The Balaban J connectivity index is 1.86. The van der Waals surface area contributed by atoms with Crippen molar-refractivity contribution in [3.05, 3.63) is 52.3 Å². The average Bonchev–Trinajstić information content (AvgIpc) is 2.98. The Bertz CT molecular complexity index is 912. The molecule has 0 unspecified atom stereocenters. The van der Waals surface area contributed by atoms with Crippen LogP contribution in [0.5, 0.6) is 5.75 Å². The number of benzene rings is 1. The van der Waals surface area contributed by atoms with Crippen molar-refractivity contribution in [1.82, 2.24) is 10.3 Å². The minimum Gasteiger partial charge on any atom is -0.497 e. The number of hydrogen-bond donors (Lipinski definition) is 2. The van der Waals surface area contributed by atoms with E-state index in [2.05, 4.69) is 10.3 Å². The molecule has 0 saturated carbocycles. The lowest BCUT2D eigenvalue weighted by atomic mass is 10.1. The van der Waals surface area contributed by atoms with Crippen LogP contribution in [0.2, 0.25) is 0 Å². The molecule has 1 aromatic carbocycles. The third-order valence-corrected chi connectivity index (χ3v) is 4.18. The first-order valence-corrected chi connectivity index (χ1v) is 8.55. The van der Waals surface area contributed by atoms with Gasteiger partial charge in [-0.2, -0.15) is 0 Å². The van der Waals surface area contributed by atoms with Crippen LogP contribution in [0.1, 0.15) is 49.4 Å². The molecule has 0 fully saturated rings. The number of aryl methyl sites for hydroxylation is 1. The van der Waals surface area contributed by atoms with Crippen molar-refractivity contribution in [2.24, 2.45) is 0 Å². The number of rotatable bonds is 8. The molecule has 0 bridgehead atoms. The van der Waals surface area contributed by atoms with Crippen LogP contribution in [0.4, 0.5) is 0 Å². The Morgan fingerprint density at radius 3 is 2.25 bits per heavy atom. The number of methoxy groups -OCH3 is 1. The number of ether oxygens (including phenoxy) is 2. The third kappa shape index (κ3) is 4.85. The van der Waals surface area contributed by atoms with Gasteiger partial charge in [0.25, 0.3) is 5.91 Å². The number of carbonyl (C=O) groups is 4. The maximum Gasteiger partial charge on any atom is 0.325 e. The van der Waals surface area contributed by atoms with Crippen LogP contribution in [0, 0.1) is 13.8 Å². The molecule has 1 amide bonds. The summed E-state index contributed by atoms with van der Waals surface area (Å²) in [5.41, 5.74) is 2.17. The van der Waals surface area contributed by atoms with E-state index in [1.165, 1.54) is 14.0 Å². The third-order valence-electron chi connectivity index (χ3n) is 4.18. The first-order valence-electron chi connectivity index (χ1n) is 8.55. The van der Waals surface area contributed by atoms with Gasteiger partial charge in [0.1, 0.15) is 12.3 Å². The Hall–Kier alpha value is -3.42. The minimum atomic E-state index is -0.747. The van der Waals surface area contributed by atoms with E-state index in [-0.39, 0.29) is 18.0 Å². The Labute approximate surface area is 162 Å². The Kier molecular flexibility index (Phi) is 6.70. The number of aromatic amines is 1. The molecule has 0 aliphatic rings. The van der Waals surface area contributed by atoms with E-state index in [0.29, 0.717) is 28.1 Å². The van der Waals surface area contributed by atoms with E-state index in [1.54, 1.807) is 38.1 Å². The quantitative estimate of drug-likeness (QED) is 0.530. The molecule has 0 spiro atoms. The second-order valence-electron chi connectivity index (χ2n) is 6.18. The van der Waals surface area contributed by atoms with Gasteiger partial charge >= 0.3 is 5.97 Å². The van der Waals surface area contributed by atoms with Crippen LogP contribution in [-0.4, -0.2) is 48.7 Å². The zero-order valence-electron chi connectivity index (χ0n) is 16.2. The predicted molar refractivity (Wildman–Crippen MR) is 101 cm³/mol. The molecule has 8 heteroatoms. The molecular formula is C20H22N2O6. The minimum absolute atomic E-state index is 0.150. The molecule has 148 valence electrons. The van der Waals surface area contributed by atoms with Gasteiger partial charge in [-0.15, -0.1) is 0 Å². The SMILES string of the molecule is COc1ccc(C(=O)NCC(=O)OCC(=O)c2[nH]c(C)c(C(C)=O)c2C)cc1. The summed E-state index contributed by atoms with van der Waals surface area (Å²) in [7, 11) is 1.52. The topological polar surface area (TPSA) is 115 Å².